The van der Waals surface area contributed by atoms with Gasteiger partial charge in [0.15, 0.2) is 0 Å². The van der Waals surface area contributed by atoms with E-state index in [4.69, 9.17) is 0 Å². The van der Waals surface area contributed by atoms with E-state index in [1.54, 1.807) is 11.9 Å². The van der Waals surface area contributed by atoms with Crippen molar-refractivity contribution in [1.82, 2.24) is 10.2 Å². The number of likely N-dealkylation sites (N-methyl/N-ethyl adjacent to an activating group) is 1. The largest absolute Gasteiger partial charge is 0.394 e. The lowest BCUT2D eigenvalue weighted by Crippen LogP contribution is -2.50. The van der Waals surface area contributed by atoms with Crippen molar-refractivity contribution in [2.24, 2.45) is 5.92 Å². The first-order valence-electron chi connectivity index (χ1n) is 6.30. The lowest BCUT2D eigenvalue weighted by molar-refractivity contribution is 0.0873. The molecule has 0 bridgehead atoms. The van der Waals surface area contributed by atoms with Crippen LogP contribution in [0.25, 0.3) is 0 Å². The van der Waals surface area contributed by atoms with Crippen LogP contribution in [0, 0.1) is 5.92 Å². The summed E-state index contributed by atoms with van der Waals surface area (Å²) in [5, 5.41) is 12.7. The fourth-order valence-corrected chi connectivity index (χ4v) is 2.88. The van der Waals surface area contributed by atoms with Gasteiger partial charge >= 0.3 is 0 Å². The van der Waals surface area contributed by atoms with Crippen molar-refractivity contribution >= 4 is 0 Å². The van der Waals surface area contributed by atoms with Gasteiger partial charge in [0.25, 0.3) is 6.43 Å². The number of rotatable bonds is 7. The van der Waals surface area contributed by atoms with Crippen LogP contribution in [0.1, 0.15) is 25.7 Å². The van der Waals surface area contributed by atoms with E-state index in [9.17, 15) is 13.9 Å². The van der Waals surface area contributed by atoms with Crippen molar-refractivity contribution in [2.75, 3.05) is 33.8 Å². The molecule has 0 heterocycles. The van der Waals surface area contributed by atoms with Gasteiger partial charge in [0.2, 0.25) is 0 Å². The zero-order valence-electron chi connectivity index (χ0n) is 10.8. The third-order valence-corrected chi connectivity index (χ3v) is 4.05. The molecule has 2 N–H and O–H groups in total. The zero-order chi connectivity index (χ0) is 12.9. The van der Waals surface area contributed by atoms with Crippen LogP contribution in [0.15, 0.2) is 0 Å². The van der Waals surface area contributed by atoms with Crippen LogP contribution in [0.5, 0.6) is 0 Å². The Bertz CT molecular complexity index is 223. The van der Waals surface area contributed by atoms with Gasteiger partial charge in [0.05, 0.1) is 13.2 Å². The fraction of sp³-hybridized carbons (Fsp3) is 1.00. The summed E-state index contributed by atoms with van der Waals surface area (Å²) in [6.45, 7) is 0.629. The van der Waals surface area contributed by atoms with Gasteiger partial charge in [-0.2, -0.15) is 0 Å². The van der Waals surface area contributed by atoms with Gasteiger partial charge in [-0.15, -0.1) is 0 Å². The molecule has 0 spiro atoms. The van der Waals surface area contributed by atoms with Crippen LogP contribution in [-0.4, -0.2) is 55.8 Å². The van der Waals surface area contributed by atoms with E-state index in [0.717, 1.165) is 25.7 Å². The molecule has 2 unspecified atom stereocenters. The number of hydrogen-bond acceptors (Lipinski definition) is 3. The maximum Gasteiger partial charge on any atom is 0.251 e. The number of aliphatic hydroxyl groups excluding tert-OH is 1. The van der Waals surface area contributed by atoms with Crippen LogP contribution in [-0.2, 0) is 0 Å². The van der Waals surface area contributed by atoms with Crippen LogP contribution in [0.3, 0.4) is 0 Å². The second-order valence-corrected chi connectivity index (χ2v) is 5.10. The Morgan fingerprint density at radius 1 is 1.53 bits per heavy atom. The van der Waals surface area contributed by atoms with E-state index < -0.39 is 6.43 Å². The first-order chi connectivity index (χ1) is 8.04. The first kappa shape index (κ1) is 14.8. The van der Waals surface area contributed by atoms with E-state index in [1.165, 1.54) is 0 Å². The maximum atomic E-state index is 12.2. The van der Waals surface area contributed by atoms with Crippen molar-refractivity contribution in [3.05, 3.63) is 0 Å². The number of aliphatic hydroxyl groups is 1. The van der Waals surface area contributed by atoms with Crippen LogP contribution >= 0.6 is 0 Å². The first-order valence-corrected chi connectivity index (χ1v) is 6.30. The SMILES string of the molecule is CNC1(CO)CCCC1CCN(C)CC(F)F. The highest BCUT2D eigenvalue weighted by Crippen LogP contribution is 2.37. The molecule has 102 valence electrons. The summed E-state index contributed by atoms with van der Waals surface area (Å²) in [6, 6.07) is 0. The molecule has 0 aliphatic heterocycles. The topological polar surface area (TPSA) is 35.5 Å². The maximum absolute atomic E-state index is 12.2. The molecule has 2 atom stereocenters. The average molecular weight is 250 g/mol. The van der Waals surface area contributed by atoms with Crippen molar-refractivity contribution < 1.29 is 13.9 Å². The highest BCUT2D eigenvalue weighted by atomic mass is 19.3. The van der Waals surface area contributed by atoms with Gasteiger partial charge < -0.3 is 15.3 Å². The molecule has 0 aromatic carbocycles. The molecule has 0 aromatic rings. The van der Waals surface area contributed by atoms with Gasteiger partial charge in [0, 0.05) is 5.54 Å². The number of hydrogen-bond donors (Lipinski definition) is 2. The predicted molar refractivity (Wildman–Crippen MR) is 64.3 cm³/mol. The molecule has 0 radical (unpaired) electrons. The monoisotopic (exact) mass is 250 g/mol. The van der Waals surface area contributed by atoms with E-state index in [2.05, 4.69) is 5.32 Å². The number of nitrogens with zero attached hydrogens (tertiary/aromatic N) is 1. The molecule has 0 saturated heterocycles. The van der Waals surface area contributed by atoms with Crippen LogP contribution in [0.4, 0.5) is 8.78 Å². The Labute approximate surface area is 102 Å². The highest BCUT2D eigenvalue weighted by Gasteiger charge is 2.40. The molecule has 3 nitrogen and oxygen atoms in total. The molecular weight excluding hydrogens is 226 g/mol. The quantitative estimate of drug-likeness (QED) is 0.715. The van der Waals surface area contributed by atoms with Gasteiger partial charge in [-0.25, -0.2) is 8.78 Å². The van der Waals surface area contributed by atoms with Crippen LogP contribution < -0.4 is 5.32 Å². The fourth-order valence-electron chi connectivity index (χ4n) is 2.88. The summed E-state index contributed by atoms with van der Waals surface area (Å²) in [5.41, 5.74) is -0.189. The number of nitrogens with one attached hydrogen (secondary N) is 1. The average Bonchev–Trinajstić information content (AvgIpc) is 2.69. The summed E-state index contributed by atoms with van der Waals surface area (Å²) < 4.78 is 24.4. The van der Waals surface area contributed by atoms with Gasteiger partial charge in [-0.3, -0.25) is 0 Å². The minimum absolute atomic E-state index is 0.132. The lowest BCUT2D eigenvalue weighted by Gasteiger charge is -2.34. The second kappa shape index (κ2) is 6.61. The Balaban J connectivity index is 2.40. The van der Waals surface area contributed by atoms with Gasteiger partial charge in [0.1, 0.15) is 0 Å². The lowest BCUT2D eigenvalue weighted by atomic mass is 9.85. The Kier molecular flexibility index (Phi) is 5.76. The number of alkyl halides is 2. The molecule has 1 rings (SSSR count). The molecule has 1 saturated carbocycles. The molecular formula is C12H24F2N2O. The third-order valence-electron chi connectivity index (χ3n) is 4.05. The highest BCUT2D eigenvalue weighted by molar-refractivity contribution is 4.98. The number of halogens is 2. The van der Waals surface area contributed by atoms with Gasteiger partial charge in [-0.1, -0.05) is 6.42 Å². The van der Waals surface area contributed by atoms with Crippen molar-refractivity contribution in [1.29, 1.82) is 0 Å². The van der Waals surface area contributed by atoms with Crippen molar-refractivity contribution in [3.8, 4) is 0 Å². The summed E-state index contributed by atoms with van der Waals surface area (Å²) in [7, 11) is 3.60. The van der Waals surface area contributed by atoms with Crippen LogP contribution in [0.2, 0.25) is 0 Å². The van der Waals surface area contributed by atoms with E-state index >= 15 is 0 Å². The molecule has 1 aliphatic rings. The molecule has 0 aromatic heterocycles. The Hall–Kier alpha value is -0.260. The van der Waals surface area contributed by atoms with E-state index in [1.807, 2.05) is 7.05 Å². The van der Waals surface area contributed by atoms with E-state index in [0.29, 0.717) is 12.5 Å². The Morgan fingerprint density at radius 2 is 2.24 bits per heavy atom. The van der Waals surface area contributed by atoms with Gasteiger partial charge in [-0.05, 0) is 45.8 Å². The summed E-state index contributed by atoms with van der Waals surface area (Å²) >= 11 is 0. The standard InChI is InChI=1S/C12H24F2N2O/c1-15-12(9-17)6-3-4-10(12)5-7-16(2)8-11(13)14/h10-11,15,17H,3-9H2,1-2H3. The van der Waals surface area contributed by atoms with E-state index in [-0.39, 0.29) is 18.7 Å². The second-order valence-electron chi connectivity index (χ2n) is 5.10. The smallest absolute Gasteiger partial charge is 0.251 e. The van der Waals surface area contributed by atoms with Crippen molar-refractivity contribution in [3.63, 3.8) is 0 Å². The summed E-state index contributed by atoms with van der Waals surface area (Å²) in [4.78, 5) is 1.67. The zero-order valence-corrected chi connectivity index (χ0v) is 10.8. The molecule has 17 heavy (non-hydrogen) atoms. The van der Waals surface area contributed by atoms with Crippen molar-refractivity contribution in [2.45, 2.75) is 37.6 Å². The normalized spacial score (nSPS) is 29.5. The summed E-state index contributed by atoms with van der Waals surface area (Å²) in [5.74, 6) is 0.387. The third kappa shape index (κ3) is 3.86. The molecule has 5 heteroatoms. The molecule has 1 fully saturated rings. The minimum Gasteiger partial charge on any atom is -0.394 e. The summed E-state index contributed by atoms with van der Waals surface area (Å²) in [6.07, 6.45) is 1.75. The minimum atomic E-state index is -2.27. The Morgan fingerprint density at radius 3 is 2.76 bits per heavy atom. The predicted octanol–water partition coefficient (Wildman–Crippen LogP) is 1.32. The molecule has 0 amide bonds. The molecule has 1 aliphatic carbocycles.